The van der Waals surface area contributed by atoms with Crippen LogP contribution in [0.5, 0.6) is 0 Å². The van der Waals surface area contributed by atoms with E-state index >= 15 is 0 Å². The molecule has 1 heterocycles. The van der Waals surface area contributed by atoms with Crippen molar-refractivity contribution in [2.45, 2.75) is 38.8 Å². The highest BCUT2D eigenvalue weighted by Gasteiger charge is 2.38. The fourth-order valence-corrected chi connectivity index (χ4v) is 3.31. The van der Waals surface area contributed by atoms with Crippen LogP contribution in [0.4, 0.5) is 0 Å². The van der Waals surface area contributed by atoms with Gasteiger partial charge in [0.2, 0.25) is 0 Å². The standard InChI is InChI=1S/C15H20ClNO2/c1-3-14(11-5-4-6-12(16)9-11)17-8-7-13(10(17)2)15(18)19/h4-6,9-10,13-14H,3,7-8H2,1-2H3,(H,18,19). The molecular formula is C15H20ClNO2. The lowest BCUT2D eigenvalue weighted by Crippen LogP contribution is -2.35. The molecule has 2 rings (SSSR count). The molecule has 1 fully saturated rings. The number of carboxylic acids is 1. The molecule has 1 saturated heterocycles. The minimum atomic E-state index is -0.684. The Morgan fingerprint density at radius 2 is 2.32 bits per heavy atom. The topological polar surface area (TPSA) is 40.5 Å². The summed E-state index contributed by atoms with van der Waals surface area (Å²) in [5.74, 6) is -0.941. The van der Waals surface area contributed by atoms with Crippen LogP contribution in [-0.4, -0.2) is 28.6 Å². The van der Waals surface area contributed by atoms with Crippen LogP contribution in [0.25, 0.3) is 0 Å². The van der Waals surface area contributed by atoms with Crippen molar-refractivity contribution >= 4 is 17.6 Å². The van der Waals surface area contributed by atoms with E-state index in [1.165, 1.54) is 5.56 Å². The maximum absolute atomic E-state index is 11.2. The van der Waals surface area contributed by atoms with Crippen molar-refractivity contribution in [2.24, 2.45) is 5.92 Å². The quantitative estimate of drug-likeness (QED) is 0.917. The second kappa shape index (κ2) is 5.93. The number of rotatable bonds is 4. The largest absolute Gasteiger partial charge is 0.481 e. The average molecular weight is 282 g/mol. The molecule has 19 heavy (non-hydrogen) atoms. The third kappa shape index (κ3) is 2.93. The van der Waals surface area contributed by atoms with E-state index in [0.717, 1.165) is 24.4 Å². The Labute approximate surface area is 119 Å². The Bertz CT molecular complexity index is 463. The van der Waals surface area contributed by atoms with E-state index in [1.54, 1.807) is 0 Å². The number of hydrogen-bond acceptors (Lipinski definition) is 2. The van der Waals surface area contributed by atoms with Gasteiger partial charge in [0.15, 0.2) is 0 Å². The van der Waals surface area contributed by atoms with Crippen LogP contribution in [-0.2, 0) is 4.79 Å². The Morgan fingerprint density at radius 3 is 2.84 bits per heavy atom. The predicted octanol–water partition coefficient (Wildman–Crippen LogP) is 3.59. The van der Waals surface area contributed by atoms with Gasteiger partial charge in [-0.2, -0.15) is 0 Å². The number of carbonyl (C=O) groups is 1. The first-order valence-electron chi connectivity index (χ1n) is 6.78. The summed E-state index contributed by atoms with van der Waals surface area (Å²) in [4.78, 5) is 13.5. The molecule has 1 N–H and O–H groups in total. The van der Waals surface area contributed by atoms with Gasteiger partial charge in [-0.3, -0.25) is 9.69 Å². The summed E-state index contributed by atoms with van der Waals surface area (Å²) >= 11 is 6.06. The molecule has 0 amide bonds. The zero-order chi connectivity index (χ0) is 14.0. The fourth-order valence-electron chi connectivity index (χ4n) is 3.11. The SMILES string of the molecule is CCC(c1cccc(Cl)c1)N1CCC(C(=O)O)C1C. The van der Waals surface area contributed by atoms with E-state index in [9.17, 15) is 9.90 Å². The number of likely N-dealkylation sites (tertiary alicyclic amines) is 1. The Balaban J connectivity index is 2.21. The summed E-state index contributed by atoms with van der Waals surface area (Å²) in [5.41, 5.74) is 1.17. The molecule has 3 atom stereocenters. The van der Waals surface area contributed by atoms with Gasteiger partial charge in [-0.1, -0.05) is 30.7 Å². The van der Waals surface area contributed by atoms with Crippen molar-refractivity contribution < 1.29 is 9.90 Å². The second-order valence-corrected chi connectivity index (χ2v) is 5.63. The summed E-state index contributed by atoms with van der Waals surface area (Å²) in [6, 6.07) is 8.19. The van der Waals surface area contributed by atoms with Crippen molar-refractivity contribution in [3.05, 3.63) is 34.9 Å². The van der Waals surface area contributed by atoms with Gasteiger partial charge in [-0.15, -0.1) is 0 Å². The van der Waals surface area contributed by atoms with Crippen molar-refractivity contribution in [1.29, 1.82) is 0 Å². The van der Waals surface area contributed by atoms with Gasteiger partial charge < -0.3 is 5.11 Å². The van der Waals surface area contributed by atoms with Gasteiger partial charge in [-0.25, -0.2) is 0 Å². The summed E-state index contributed by atoms with van der Waals surface area (Å²) < 4.78 is 0. The molecule has 0 bridgehead atoms. The highest BCUT2D eigenvalue weighted by Crippen LogP contribution is 2.35. The molecule has 3 unspecified atom stereocenters. The minimum absolute atomic E-state index is 0.0708. The van der Waals surface area contributed by atoms with E-state index in [0.29, 0.717) is 0 Å². The summed E-state index contributed by atoms with van der Waals surface area (Å²) in [6.45, 7) is 4.98. The van der Waals surface area contributed by atoms with Crippen molar-refractivity contribution in [1.82, 2.24) is 4.90 Å². The zero-order valence-electron chi connectivity index (χ0n) is 11.3. The first-order chi connectivity index (χ1) is 9.04. The van der Waals surface area contributed by atoms with E-state index in [1.807, 2.05) is 25.1 Å². The van der Waals surface area contributed by atoms with Crippen LogP contribution in [0.2, 0.25) is 5.02 Å². The maximum Gasteiger partial charge on any atom is 0.308 e. The van der Waals surface area contributed by atoms with Gasteiger partial charge in [0.1, 0.15) is 0 Å². The molecule has 0 aromatic heterocycles. The van der Waals surface area contributed by atoms with E-state index in [-0.39, 0.29) is 18.0 Å². The maximum atomic E-state index is 11.2. The first kappa shape index (κ1) is 14.4. The molecule has 1 aromatic carbocycles. The summed E-state index contributed by atoms with van der Waals surface area (Å²) in [5, 5.41) is 9.96. The molecule has 4 heteroatoms. The van der Waals surface area contributed by atoms with Crippen molar-refractivity contribution in [3.63, 3.8) is 0 Å². The van der Waals surface area contributed by atoms with Gasteiger partial charge in [0, 0.05) is 17.1 Å². The smallest absolute Gasteiger partial charge is 0.308 e. The molecular weight excluding hydrogens is 262 g/mol. The van der Waals surface area contributed by atoms with Crippen LogP contribution in [0, 0.1) is 5.92 Å². The number of carboxylic acid groups (broad SMARTS) is 1. The number of nitrogens with zero attached hydrogens (tertiary/aromatic N) is 1. The monoisotopic (exact) mass is 281 g/mol. The fraction of sp³-hybridized carbons (Fsp3) is 0.533. The Hall–Kier alpha value is -1.06. The van der Waals surface area contributed by atoms with Gasteiger partial charge >= 0.3 is 5.97 Å². The van der Waals surface area contributed by atoms with Crippen LogP contribution in [0.1, 0.15) is 38.3 Å². The summed E-state index contributed by atoms with van der Waals surface area (Å²) in [7, 11) is 0. The minimum Gasteiger partial charge on any atom is -0.481 e. The lowest BCUT2D eigenvalue weighted by atomic mass is 9.99. The van der Waals surface area contributed by atoms with Crippen molar-refractivity contribution in [3.8, 4) is 0 Å². The van der Waals surface area contributed by atoms with Crippen LogP contribution in [0.3, 0.4) is 0 Å². The second-order valence-electron chi connectivity index (χ2n) is 5.19. The summed E-state index contributed by atoms with van der Waals surface area (Å²) in [6.07, 6.45) is 1.69. The van der Waals surface area contributed by atoms with E-state index < -0.39 is 5.97 Å². The van der Waals surface area contributed by atoms with Gasteiger partial charge in [-0.05, 0) is 44.0 Å². The molecule has 1 aliphatic heterocycles. The molecule has 1 aliphatic rings. The van der Waals surface area contributed by atoms with E-state index in [4.69, 9.17) is 11.6 Å². The molecule has 1 aromatic rings. The number of benzene rings is 1. The Morgan fingerprint density at radius 1 is 1.58 bits per heavy atom. The highest BCUT2D eigenvalue weighted by molar-refractivity contribution is 6.30. The molecule has 3 nitrogen and oxygen atoms in total. The van der Waals surface area contributed by atoms with Gasteiger partial charge in [0.25, 0.3) is 0 Å². The number of aliphatic carboxylic acids is 1. The zero-order valence-corrected chi connectivity index (χ0v) is 12.1. The highest BCUT2D eigenvalue weighted by atomic mass is 35.5. The van der Waals surface area contributed by atoms with Gasteiger partial charge in [0.05, 0.1) is 5.92 Å². The third-order valence-electron chi connectivity index (χ3n) is 4.14. The van der Waals surface area contributed by atoms with Crippen LogP contribution >= 0.6 is 11.6 Å². The molecule has 0 radical (unpaired) electrons. The first-order valence-corrected chi connectivity index (χ1v) is 7.16. The molecule has 0 saturated carbocycles. The number of hydrogen-bond donors (Lipinski definition) is 1. The Kier molecular flexibility index (Phi) is 4.48. The number of halogens is 1. The molecule has 104 valence electrons. The van der Waals surface area contributed by atoms with Crippen LogP contribution < -0.4 is 0 Å². The predicted molar refractivity (Wildman–Crippen MR) is 76.4 cm³/mol. The molecule has 0 aliphatic carbocycles. The lowest BCUT2D eigenvalue weighted by Gasteiger charge is -2.32. The average Bonchev–Trinajstić information content (AvgIpc) is 2.73. The third-order valence-corrected chi connectivity index (χ3v) is 4.38. The lowest BCUT2D eigenvalue weighted by molar-refractivity contribution is -0.142. The normalized spacial score (nSPS) is 25.4. The van der Waals surface area contributed by atoms with Crippen LogP contribution in [0.15, 0.2) is 24.3 Å². The molecule has 0 spiro atoms. The van der Waals surface area contributed by atoms with E-state index in [2.05, 4.69) is 17.9 Å². The van der Waals surface area contributed by atoms with Crippen molar-refractivity contribution in [2.75, 3.05) is 6.54 Å².